The van der Waals surface area contributed by atoms with Gasteiger partial charge in [-0.3, -0.25) is 9.69 Å². The first-order valence-corrected chi connectivity index (χ1v) is 10.9. The number of ether oxygens (including phenoxy) is 1. The van der Waals surface area contributed by atoms with E-state index in [4.69, 9.17) is 4.74 Å². The van der Waals surface area contributed by atoms with Gasteiger partial charge in [0.2, 0.25) is 5.91 Å². The highest BCUT2D eigenvalue weighted by Gasteiger charge is 2.48. The molecule has 0 aromatic carbocycles. The molecule has 2 heterocycles. The van der Waals surface area contributed by atoms with Crippen LogP contribution in [0.1, 0.15) is 33.1 Å². The summed E-state index contributed by atoms with van der Waals surface area (Å²) in [5.41, 5.74) is -0.755. The summed E-state index contributed by atoms with van der Waals surface area (Å²) in [5, 5.41) is 43.5. The lowest BCUT2D eigenvalue weighted by Crippen LogP contribution is -2.65. The van der Waals surface area contributed by atoms with E-state index in [2.05, 4.69) is 12.2 Å². The van der Waals surface area contributed by atoms with Gasteiger partial charge in [0.25, 0.3) is 0 Å². The molecule has 2 saturated heterocycles. The Morgan fingerprint density at radius 1 is 1.30 bits per heavy atom. The summed E-state index contributed by atoms with van der Waals surface area (Å²) in [5.74, 6) is 0.245. The van der Waals surface area contributed by atoms with E-state index in [1.165, 1.54) is 18.7 Å². The molecule has 0 bridgehead atoms. The standard InChI is InChI=1S/C18H34N2O6S/c1-5-6-10-7-11(20(3)8-10)17(25)19-12(9(2)21)16-14(23)13(22)15(24)18(26-16)27-4/h9-16,18,21-24H,5-8H2,1-4H3,(H,19,25)/t9-,10-,11+,12+,13+,14+,15+,16+,18+/m1/s1. The Labute approximate surface area is 165 Å². The second kappa shape index (κ2) is 9.87. The predicted molar refractivity (Wildman–Crippen MR) is 103 cm³/mol. The molecular formula is C18H34N2O6S. The zero-order valence-corrected chi connectivity index (χ0v) is 17.3. The second-order valence-electron chi connectivity index (χ2n) is 7.80. The number of thioether (sulfide) groups is 1. The third kappa shape index (κ3) is 5.14. The Morgan fingerprint density at radius 2 is 1.96 bits per heavy atom. The van der Waals surface area contributed by atoms with Crippen molar-refractivity contribution in [2.45, 2.75) is 81.1 Å². The first-order valence-electron chi connectivity index (χ1n) is 9.62. The van der Waals surface area contributed by atoms with Crippen LogP contribution in [0.5, 0.6) is 0 Å². The number of carbonyl (C=O) groups is 1. The Morgan fingerprint density at radius 3 is 2.52 bits per heavy atom. The van der Waals surface area contributed by atoms with E-state index in [1.807, 2.05) is 11.9 Å². The second-order valence-corrected chi connectivity index (χ2v) is 8.73. The topological polar surface area (TPSA) is 122 Å². The molecule has 0 radical (unpaired) electrons. The van der Waals surface area contributed by atoms with Gasteiger partial charge in [-0.25, -0.2) is 0 Å². The molecule has 5 N–H and O–H groups in total. The van der Waals surface area contributed by atoms with E-state index in [0.29, 0.717) is 5.92 Å². The van der Waals surface area contributed by atoms with Crippen LogP contribution in [0.2, 0.25) is 0 Å². The SMILES string of the molecule is CCC[C@@H]1C[C@@H](C(=O)N[C@H]([C@@H]2O[C@@H](SC)[C@@H](O)[C@@H](O)[C@@H]2O)[C@@H](C)O)N(C)C1. The summed E-state index contributed by atoms with van der Waals surface area (Å²) < 4.78 is 5.72. The van der Waals surface area contributed by atoms with E-state index < -0.39 is 42.0 Å². The highest BCUT2D eigenvalue weighted by atomic mass is 32.2. The Hall–Kier alpha value is -0.420. The van der Waals surface area contributed by atoms with Gasteiger partial charge in [0.15, 0.2) is 0 Å². The van der Waals surface area contributed by atoms with Gasteiger partial charge in [0.05, 0.1) is 18.2 Å². The molecule has 0 spiro atoms. The van der Waals surface area contributed by atoms with Crippen LogP contribution in [0.15, 0.2) is 0 Å². The molecule has 0 unspecified atom stereocenters. The number of carbonyl (C=O) groups excluding carboxylic acids is 1. The molecule has 2 rings (SSSR count). The number of amides is 1. The summed E-state index contributed by atoms with van der Waals surface area (Å²) in [6.45, 7) is 4.48. The molecule has 0 aromatic heterocycles. The number of hydrogen-bond acceptors (Lipinski definition) is 8. The van der Waals surface area contributed by atoms with Crippen LogP contribution in [-0.4, -0.2) is 99.1 Å². The van der Waals surface area contributed by atoms with Crippen molar-refractivity contribution in [1.29, 1.82) is 0 Å². The zero-order chi connectivity index (χ0) is 20.3. The minimum Gasteiger partial charge on any atom is -0.391 e. The van der Waals surface area contributed by atoms with Crippen molar-refractivity contribution in [3.05, 3.63) is 0 Å². The molecule has 0 aromatic rings. The zero-order valence-electron chi connectivity index (χ0n) is 16.5. The Kier molecular flexibility index (Phi) is 8.35. The maximum atomic E-state index is 12.8. The van der Waals surface area contributed by atoms with Gasteiger partial charge in [0, 0.05) is 6.54 Å². The molecule has 1 amide bonds. The number of aliphatic hydroxyl groups is 4. The fourth-order valence-electron chi connectivity index (χ4n) is 4.13. The van der Waals surface area contributed by atoms with Crippen LogP contribution in [0, 0.1) is 5.92 Å². The van der Waals surface area contributed by atoms with E-state index in [0.717, 1.165) is 25.8 Å². The van der Waals surface area contributed by atoms with E-state index in [1.54, 1.807) is 6.26 Å². The Bertz CT molecular complexity index is 494. The molecule has 2 fully saturated rings. The monoisotopic (exact) mass is 406 g/mol. The lowest BCUT2D eigenvalue weighted by atomic mass is 9.92. The third-order valence-electron chi connectivity index (χ3n) is 5.66. The molecule has 2 aliphatic heterocycles. The first-order chi connectivity index (χ1) is 12.7. The van der Waals surface area contributed by atoms with Crippen molar-refractivity contribution in [1.82, 2.24) is 10.2 Å². The molecule has 9 heteroatoms. The number of hydrogen-bond donors (Lipinski definition) is 5. The summed E-state index contributed by atoms with van der Waals surface area (Å²) in [4.78, 5) is 14.9. The van der Waals surface area contributed by atoms with Crippen LogP contribution in [0.4, 0.5) is 0 Å². The van der Waals surface area contributed by atoms with Crippen molar-refractivity contribution in [2.24, 2.45) is 5.92 Å². The fraction of sp³-hybridized carbons (Fsp3) is 0.944. The molecule has 158 valence electrons. The largest absolute Gasteiger partial charge is 0.391 e. The smallest absolute Gasteiger partial charge is 0.237 e. The predicted octanol–water partition coefficient (Wildman–Crippen LogP) is -0.857. The molecule has 0 saturated carbocycles. The number of rotatable bonds is 7. The first kappa shape index (κ1) is 22.9. The van der Waals surface area contributed by atoms with Crippen molar-refractivity contribution in [3.63, 3.8) is 0 Å². The average molecular weight is 407 g/mol. The van der Waals surface area contributed by atoms with Crippen LogP contribution in [0.3, 0.4) is 0 Å². The van der Waals surface area contributed by atoms with E-state index >= 15 is 0 Å². The normalized spacial score (nSPS) is 39.9. The van der Waals surface area contributed by atoms with Crippen molar-refractivity contribution in [2.75, 3.05) is 19.8 Å². The molecule has 9 atom stereocenters. The van der Waals surface area contributed by atoms with Crippen LogP contribution in [0.25, 0.3) is 0 Å². The lowest BCUT2D eigenvalue weighted by molar-refractivity contribution is -0.211. The number of aliphatic hydroxyl groups excluding tert-OH is 4. The fourth-order valence-corrected chi connectivity index (χ4v) is 4.81. The maximum Gasteiger partial charge on any atom is 0.237 e. The summed E-state index contributed by atoms with van der Waals surface area (Å²) in [6, 6.07) is -1.20. The van der Waals surface area contributed by atoms with Gasteiger partial charge in [-0.15, -0.1) is 11.8 Å². The maximum absolute atomic E-state index is 12.8. The number of nitrogens with one attached hydrogen (secondary N) is 1. The van der Waals surface area contributed by atoms with Gasteiger partial charge in [-0.2, -0.15) is 0 Å². The van der Waals surface area contributed by atoms with Crippen LogP contribution < -0.4 is 5.32 Å². The summed E-state index contributed by atoms with van der Waals surface area (Å²) >= 11 is 1.20. The van der Waals surface area contributed by atoms with Crippen molar-refractivity contribution in [3.8, 4) is 0 Å². The molecule has 27 heavy (non-hydrogen) atoms. The summed E-state index contributed by atoms with van der Waals surface area (Å²) in [6.07, 6.45) is -1.50. The van der Waals surface area contributed by atoms with Gasteiger partial charge in [0.1, 0.15) is 29.9 Å². The molecular weight excluding hydrogens is 372 g/mol. The highest BCUT2D eigenvalue weighted by Crippen LogP contribution is 2.30. The number of likely N-dealkylation sites (N-methyl/N-ethyl adjacent to an activating group) is 1. The number of likely N-dealkylation sites (tertiary alicyclic amines) is 1. The van der Waals surface area contributed by atoms with Gasteiger partial charge in [-0.1, -0.05) is 13.3 Å². The number of nitrogens with zero attached hydrogens (tertiary/aromatic N) is 1. The molecule has 0 aliphatic carbocycles. The van der Waals surface area contributed by atoms with Gasteiger partial charge in [-0.05, 0) is 39.0 Å². The molecule has 2 aliphatic rings. The lowest BCUT2D eigenvalue weighted by Gasteiger charge is -2.44. The van der Waals surface area contributed by atoms with Crippen LogP contribution in [-0.2, 0) is 9.53 Å². The highest BCUT2D eigenvalue weighted by molar-refractivity contribution is 7.99. The van der Waals surface area contributed by atoms with Gasteiger partial charge >= 0.3 is 0 Å². The Balaban J connectivity index is 2.09. The van der Waals surface area contributed by atoms with E-state index in [9.17, 15) is 25.2 Å². The van der Waals surface area contributed by atoms with Crippen molar-refractivity contribution >= 4 is 17.7 Å². The van der Waals surface area contributed by atoms with Gasteiger partial charge < -0.3 is 30.5 Å². The average Bonchev–Trinajstić information content (AvgIpc) is 2.99. The molecule has 8 nitrogen and oxygen atoms in total. The minimum absolute atomic E-state index is 0.223. The summed E-state index contributed by atoms with van der Waals surface area (Å²) in [7, 11) is 1.91. The quantitative estimate of drug-likeness (QED) is 0.370. The van der Waals surface area contributed by atoms with Crippen molar-refractivity contribution < 1.29 is 30.0 Å². The third-order valence-corrected chi connectivity index (χ3v) is 6.51. The van der Waals surface area contributed by atoms with E-state index in [-0.39, 0.29) is 11.9 Å². The minimum atomic E-state index is -1.42. The van der Waals surface area contributed by atoms with Crippen LogP contribution >= 0.6 is 11.8 Å².